The molecule has 1 heterocycles. The lowest BCUT2D eigenvalue weighted by Gasteiger charge is -2.36. The molecule has 2 N–H and O–H groups in total. The first-order valence-electron chi connectivity index (χ1n) is 8.94. The molecule has 1 aliphatic rings. The fraction of sp³-hybridized carbons (Fsp3) is 0.556. The van der Waals surface area contributed by atoms with Crippen LogP contribution in [0.4, 0.5) is 5.69 Å². The zero-order valence-electron chi connectivity index (χ0n) is 15.5. The van der Waals surface area contributed by atoms with Crippen molar-refractivity contribution in [3.63, 3.8) is 0 Å². The molecule has 0 radical (unpaired) electrons. The number of guanidine groups is 1. The quantitative estimate of drug-likeness (QED) is 0.363. The highest BCUT2D eigenvalue weighted by Crippen LogP contribution is 2.19. The molecule has 1 aromatic carbocycles. The predicted molar refractivity (Wildman–Crippen MR) is 120 cm³/mol. The highest BCUT2D eigenvalue weighted by atomic mass is 127. The number of nitrogens with zero attached hydrogens (tertiary/aromatic N) is 3. The number of carbonyl (C=O) groups excluding carboxylic acids is 1. The van der Waals surface area contributed by atoms with E-state index in [1.165, 1.54) is 0 Å². The lowest BCUT2D eigenvalue weighted by Crippen LogP contribution is -2.49. The smallest absolute Gasteiger partial charge is 0.244 e. The Kier molecular flexibility index (Phi) is 10.7. The molecule has 146 valence electrons. The van der Waals surface area contributed by atoms with E-state index in [1.807, 2.05) is 36.1 Å². The molecule has 0 unspecified atom stereocenters. The Morgan fingerprint density at radius 2 is 1.77 bits per heavy atom. The minimum absolute atomic E-state index is 0. The summed E-state index contributed by atoms with van der Waals surface area (Å²) in [6, 6.07) is 7.84. The topological polar surface area (TPSA) is 60.0 Å². The van der Waals surface area contributed by atoms with Gasteiger partial charge in [-0.2, -0.15) is 0 Å². The molecule has 1 fully saturated rings. The number of anilines is 1. The maximum Gasteiger partial charge on any atom is 0.244 e. The normalized spacial score (nSPS) is 14.7. The molecular formula is C18H29ClIN5O. The van der Waals surface area contributed by atoms with Gasteiger partial charge >= 0.3 is 0 Å². The average Bonchev–Trinajstić information content (AvgIpc) is 2.64. The van der Waals surface area contributed by atoms with Crippen molar-refractivity contribution < 1.29 is 4.79 Å². The van der Waals surface area contributed by atoms with E-state index in [4.69, 9.17) is 11.6 Å². The molecule has 26 heavy (non-hydrogen) atoms. The molecule has 1 saturated heterocycles. The third-order valence-electron chi connectivity index (χ3n) is 4.08. The Morgan fingerprint density at radius 1 is 1.12 bits per heavy atom. The summed E-state index contributed by atoms with van der Waals surface area (Å²) in [7, 11) is 0. The third-order valence-corrected chi connectivity index (χ3v) is 4.34. The van der Waals surface area contributed by atoms with Crippen LogP contribution in [-0.4, -0.2) is 62.6 Å². The van der Waals surface area contributed by atoms with Gasteiger partial charge in [0.2, 0.25) is 5.91 Å². The van der Waals surface area contributed by atoms with Gasteiger partial charge < -0.3 is 20.4 Å². The minimum Gasteiger partial charge on any atom is -0.368 e. The monoisotopic (exact) mass is 493 g/mol. The van der Waals surface area contributed by atoms with Gasteiger partial charge in [0.15, 0.2) is 5.96 Å². The molecule has 0 aliphatic carbocycles. The number of benzene rings is 1. The summed E-state index contributed by atoms with van der Waals surface area (Å²) in [4.78, 5) is 20.9. The number of aliphatic imine (C=N–C) groups is 1. The molecule has 2 rings (SSSR count). The van der Waals surface area contributed by atoms with E-state index in [0.717, 1.165) is 56.4 Å². The Balaban J connectivity index is 0.00000338. The number of nitrogens with one attached hydrogen (secondary N) is 2. The second kappa shape index (κ2) is 12.2. The number of piperazine rings is 1. The number of carbonyl (C=O) groups is 1. The van der Waals surface area contributed by atoms with E-state index in [0.29, 0.717) is 5.96 Å². The van der Waals surface area contributed by atoms with Crippen LogP contribution in [0.25, 0.3) is 0 Å². The van der Waals surface area contributed by atoms with Crippen molar-refractivity contribution in [1.82, 2.24) is 15.5 Å². The largest absolute Gasteiger partial charge is 0.368 e. The van der Waals surface area contributed by atoms with Crippen LogP contribution in [-0.2, 0) is 4.79 Å². The molecule has 0 atom stereocenters. The SMILES string of the molecule is CCCNC(=NCC(=O)N1CCN(c2ccc(Cl)cc2)CC1)NCC.I. The Labute approximate surface area is 178 Å². The fourth-order valence-corrected chi connectivity index (χ4v) is 2.82. The van der Waals surface area contributed by atoms with Gasteiger partial charge in [0, 0.05) is 50.0 Å². The van der Waals surface area contributed by atoms with Gasteiger partial charge in [0.1, 0.15) is 6.54 Å². The van der Waals surface area contributed by atoms with Crippen LogP contribution in [0.15, 0.2) is 29.3 Å². The van der Waals surface area contributed by atoms with Crippen LogP contribution in [0.3, 0.4) is 0 Å². The first-order valence-corrected chi connectivity index (χ1v) is 9.32. The van der Waals surface area contributed by atoms with E-state index in [9.17, 15) is 4.79 Å². The molecule has 1 aromatic rings. The van der Waals surface area contributed by atoms with Crippen LogP contribution in [0.1, 0.15) is 20.3 Å². The number of hydrogen-bond donors (Lipinski definition) is 2. The highest BCUT2D eigenvalue weighted by Gasteiger charge is 2.21. The average molecular weight is 494 g/mol. The van der Waals surface area contributed by atoms with Crippen molar-refractivity contribution in [2.45, 2.75) is 20.3 Å². The summed E-state index contributed by atoms with van der Waals surface area (Å²) in [5, 5.41) is 7.11. The van der Waals surface area contributed by atoms with Crippen LogP contribution in [0.5, 0.6) is 0 Å². The summed E-state index contributed by atoms with van der Waals surface area (Å²) >= 11 is 5.94. The van der Waals surface area contributed by atoms with E-state index in [2.05, 4.69) is 27.4 Å². The maximum atomic E-state index is 12.4. The summed E-state index contributed by atoms with van der Waals surface area (Å²) in [5.41, 5.74) is 1.15. The second-order valence-electron chi connectivity index (χ2n) is 5.97. The van der Waals surface area contributed by atoms with Crippen molar-refractivity contribution >= 4 is 53.1 Å². The van der Waals surface area contributed by atoms with Gasteiger partial charge in [-0.3, -0.25) is 4.79 Å². The molecular weight excluding hydrogens is 465 g/mol. The van der Waals surface area contributed by atoms with Gasteiger partial charge in [-0.15, -0.1) is 24.0 Å². The van der Waals surface area contributed by atoms with Crippen molar-refractivity contribution in [1.29, 1.82) is 0 Å². The summed E-state index contributed by atoms with van der Waals surface area (Å²) in [6.07, 6.45) is 1.02. The second-order valence-corrected chi connectivity index (χ2v) is 6.40. The number of hydrogen-bond acceptors (Lipinski definition) is 3. The van der Waals surface area contributed by atoms with Crippen LogP contribution in [0, 0.1) is 0 Å². The van der Waals surface area contributed by atoms with Gasteiger partial charge in [0.25, 0.3) is 0 Å². The maximum absolute atomic E-state index is 12.4. The predicted octanol–water partition coefficient (Wildman–Crippen LogP) is 2.57. The van der Waals surface area contributed by atoms with Gasteiger partial charge in [-0.05, 0) is 37.6 Å². The van der Waals surface area contributed by atoms with Gasteiger partial charge in [-0.1, -0.05) is 18.5 Å². The lowest BCUT2D eigenvalue weighted by molar-refractivity contribution is -0.129. The lowest BCUT2D eigenvalue weighted by atomic mass is 10.2. The molecule has 0 bridgehead atoms. The van der Waals surface area contributed by atoms with Crippen molar-refractivity contribution in [2.24, 2.45) is 4.99 Å². The van der Waals surface area contributed by atoms with E-state index in [-0.39, 0.29) is 36.4 Å². The first kappa shape index (κ1) is 22.8. The minimum atomic E-state index is 0. The standard InChI is InChI=1S/C18H28ClN5O.HI/c1-3-9-21-18(20-4-2)22-14-17(25)24-12-10-23(11-13-24)16-7-5-15(19)6-8-16;/h5-8H,3-4,9-14H2,1-2H3,(H2,20,21,22);1H. The molecule has 0 spiro atoms. The fourth-order valence-electron chi connectivity index (χ4n) is 2.70. The van der Waals surface area contributed by atoms with E-state index in [1.54, 1.807) is 0 Å². The zero-order valence-corrected chi connectivity index (χ0v) is 18.6. The molecule has 1 aliphatic heterocycles. The number of rotatable bonds is 6. The number of halogens is 2. The molecule has 0 aromatic heterocycles. The third kappa shape index (κ3) is 7.19. The number of amides is 1. The highest BCUT2D eigenvalue weighted by molar-refractivity contribution is 14.0. The summed E-state index contributed by atoms with van der Waals surface area (Å²) < 4.78 is 0. The first-order chi connectivity index (χ1) is 12.1. The molecule has 0 saturated carbocycles. The molecule has 6 nitrogen and oxygen atoms in total. The van der Waals surface area contributed by atoms with E-state index >= 15 is 0 Å². The van der Waals surface area contributed by atoms with Gasteiger partial charge in [-0.25, -0.2) is 4.99 Å². The zero-order chi connectivity index (χ0) is 18.1. The Hall–Kier alpha value is -1.22. The van der Waals surface area contributed by atoms with Gasteiger partial charge in [0.05, 0.1) is 0 Å². The molecule has 1 amide bonds. The Morgan fingerprint density at radius 3 is 2.35 bits per heavy atom. The summed E-state index contributed by atoms with van der Waals surface area (Å²) in [5.74, 6) is 0.780. The Bertz CT molecular complexity index is 573. The summed E-state index contributed by atoms with van der Waals surface area (Å²) in [6.45, 7) is 9.01. The van der Waals surface area contributed by atoms with Crippen molar-refractivity contribution in [3.05, 3.63) is 29.3 Å². The van der Waals surface area contributed by atoms with Crippen molar-refractivity contribution in [2.75, 3.05) is 50.7 Å². The van der Waals surface area contributed by atoms with Crippen LogP contribution in [0.2, 0.25) is 5.02 Å². The van der Waals surface area contributed by atoms with Crippen LogP contribution < -0.4 is 15.5 Å². The van der Waals surface area contributed by atoms with Crippen molar-refractivity contribution in [3.8, 4) is 0 Å². The van der Waals surface area contributed by atoms with E-state index < -0.39 is 0 Å². The molecule has 8 heteroatoms. The van der Waals surface area contributed by atoms with Crippen LogP contribution >= 0.6 is 35.6 Å².